The third-order valence-electron chi connectivity index (χ3n) is 4.14. The molecular weight excluding hydrogens is 327 g/mol. The standard InChI is InChI=1S/C15H22ClFN2O2S/c1-3-14(12-5-4-6-13(16)15(12)17)18-9-11-7-8-19(10-11)22(2,20)21/h4-6,11,14,18H,3,7-10H2,1-2H3/t11-,14+/m0/s1. The Hall–Kier alpha value is -0.690. The van der Waals surface area contributed by atoms with Crippen molar-refractivity contribution >= 4 is 21.6 Å². The van der Waals surface area contributed by atoms with Crippen molar-refractivity contribution in [1.82, 2.24) is 9.62 Å². The summed E-state index contributed by atoms with van der Waals surface area (Å²) in [4.78, 5) is 0. The Labute approximate surface area is 136 Å². The summed E-state index contributed by atoms with van der Waals surface area (Å²) >= 11 is 5.84. The molecule has 0 bridgehead atoms. The van der Waals surface area contributed by atoms with E-state index < -0.39 is 10.0 Å². The van der Waals surface area contributed by atoms with Crippen LogP contribution in [0, 0.1) is 11.7 Å². The normalized spacial score (nSPS) is 21.2. The summed E-state index contributed by atoms with van der Waals surface area (Å²) in [5.41, 5.74) is 0.563. The van der Waals surface area contributed by atoms with Crippen molar-refractivity contribution in [3.8, 4) is 0 Å². The molecule has 1 aromatic rings. The molecule has 1 aliphatic rings. The van der Waals surface area contributed by atoms with Crippen LogP contribution in [-0.2, 0) is 10.0 Å². The molecule has 0 aromatic heterocycles. The van der Waals surface area contributed by atoms with Gasteiger partial charge in [-0.25, -0.2) is 17.1 Å². The summed E-state index contributed by atoms with van der Waals surface area (Å²) in [6.45, 7) is 3.74. The van der Waals surface area contributed by atoms with E-state index in [0.717, 1.165) is 12.8 Å². The van der Waals surface area contributed by atoms with E-state index in [1.807, 2.05) is 6.92 Å². The summed E-state index contributed by atoms with van der Waals surface area (Å²) in [7, 11) is -3.12. The van der Waals surface area contributed by atoms with Gasteiger partial charge in [-0.2, -0.15) is 0 Å². The molecule has 0 amide bonds. The molecule has 0 unspecified atom stereocenters. The molecule has 1 aliphatic heterocycles. The smallest absolute Gasteiger partial charge is 0.211 e. The van der Waals surface area contributed by atoms with E-state index in [2.05, 4.69) is 5.32 Å². The summed E-state index contributed by atoms with van der Waals surface area (Å²) in [5, 5.41) is 3.47. The lowest BCUT2D eigenvalue weighted by Crippen LogP contribution is -2.31. The quantitative estimate of drug-likeness (QED) is 0.860. The fourth-order valence-electron chi connectivity index (χ4n) is 2.84. The maximum Gasteiger partial charge on any atom is 0.211 e. The maximum absolute atomic E-state index is 14.1. The zero-order chi connectivity index (χ0) is 16.3. The Kier molecular flexibility index (Phi) is 5.82. The van der Waals surface area contributed by atoms with E-state index in [9.17, 15) is 12.8 Å². The van der Waals surface area contributed by atoms with Crippen LogP contribution in [0.3, 0.4) is 0 Å². The van der Waals surface area contributed by atoms with Gasteiger partial charge in [0, 0.05) is 24.7 Å². The van der Waals surface area contributed by atoms with E-state index in [0.29, 0.717) is 25.2 Å². The molecule has 124 valence electrons. The van der Waals surface area contributed by atoms with E-state index in [-0.39, 0.29) is 22.8 Å². The van der Waals surface area contributed by atoms with Gasteiger partial charge in [-0.05, 0) is 31.4 Å². The second-order valence-electron chi connectivity index (χ2n) is 5.79. The minimum atomic E-state index is -3.12. The van der Waals surface area contributed by atoms with Crippen LogP contribution in [0.15, 0.2) is 18.2 Å². The van der Waals surface area contributed by atoms with Crippen LogP contribution < -0.4 is 5.32 Å². The van der Waals surface area contributed by atoms with Crippen molar-refractivity contribution in [2.45, 2.75) is 25.8 Å². The van der Waals surface area contributed by atoms with Gasteiger partial charge in [-0.15, -0.1) is 0 Å². The molecule has 1 heterocycles. The number of hydrogen-bond donors (Lipinski definition) is 1. The number of benzene rings is 1. The fraction of sp³-hybridized carbons (Fsp3) is 0.600. The Morgan fingerprint density at radius 1 is 1.50 bits per heavy atom. The van der Waals surface area contributed by atoms with Crippen molar-refractivity contribution < 1.29 is 12.8 Å². The van der Waals surface area contributed by atoms with Gasteiger partial charge < -0.3 is 5.32 Å². The predicted octanol–water partition coefficient (Wildman–Crippen LogP) is 2.80. The molecule has 0 radical (unpaired) electrons. The van der Waals surface area contributed by atoms with Gasteiger partial charge in [0.05, 0.1) is 11.3 Å². The molecule has 2 atom stereocenters. The number of halogens is 2. The second-order valence-corrected chi connectivity index (χ2v) is 8.18. The van der Waals surface area contributed by atoms with Gasteiger partial charge in [0.2, 0.25) is 10.0 Å². The van der Waals surface area contributed by atoms with Crippen LogP contribution in [0.4, 0.5) is 4.39 Å². The largest absolute Gasteiger partial charge is 0.310 e. The molecule has 0 aliphatic carbocycles. The minimum Gasteiger partial charge on any atom is -0.310 e. The van der Waals surface area contributed by atoms with Crippen molar-refractivity contribution in [2.24, 2.45) is 5.92 Å². The highest BCUT2D eigenvalue weighted by Crippen LogP contribution is 2.26. The highest BCUT2D eigenvalue weighted by atomic mass is 35.5. The van der Waals surface area contributed by atoms with E-state index in [4.69, 9.17) is 11.6 Å². The average Bonchev–Trinajstić information content (AvgIpc) is 2.93. The van der Waals surface area contributed by atoms with Gasteiger partial charge >= 0.3 is 0 Å². The number of nitrogens with zero attached hydrogens (tertiary/aromatic N) is 1. The third kappa shape index (κ3) is 4.19. The van der Waals surface area contributed by atoms with Crippen molar-refractivity contribution in [3.05, 3.63) is 34.6 Å². The maximum atomic E-state index is 14.1. The van der Waals surface area contributed by atoms with Gasteiger partial charge in [-0.1, -0.05) is 30.7 Å². The van der Waals surface area contributed by atoms with Crippen molar-refractivity contribution in [3.63, 3.8) is 0 Å². The summed E-state index contributed by atoms with van der Waals surface area (Å²) < 4.78 is 38.6. The molecule has 0 saturated carbocycles. The number of sulfonamides is 1. The fourth-order valence-corrected chi connectivity index (χ4v) is 3.94. The Morgan fingerprint density at radius 2 is 2.23 bits per heavy atom. The molecule has 22 heavy (non-hydrogen) atoms. The molecule has 7 heteroatoms. The predicted molar refractivity (Wildman–Crippen MR) is 87.0 cm³/mol. The Morgan fingerprint density at radius 3 is 2.82 bits per heavy atom. The van der Waals surface area contributed by atoms with Crippen molar-refractivity contribution in [1.29, 1.82) is 0 Å². The number of rotatable bonds is 6. The number of hydrogen-bond acceptors (Lipinski definition) is 3. The lowest BCUT2D eigenvalue weighted by molar-refractivity contribution is 0.413. The van der Waals surface area contributed by atoms with Crippen LogP contribution in [0.2, 0.25) is 5.02 Å². The first-order chi connectivity index (χ1) is 10.3. The first-order valence-corrected chi connectivity index (χ1v) is 9.68. The highest BCUT2D eigenvalue weighted by molar-refractivity contribution is 7.88. The van der Waals surface area contributed by atoms with Gasteiger partial charge in [-0.3, -0.25) is 0 Å². The minimum absolute atomic E-state index is 0.119. The van der Waals surface area contributed by atoms with Crippen LogP contribution in [0.5, 0.6) is 0 Å². The third-order valence-corrected chi connectivity index (χ3v) is 5.70. The SMILES string of the molecule is CC[C@@H](NC[C@@H]1CCN(S(C)(=O)=O)C1)c1cccc(Cl)c1F. The molecule has 1 fully saturated rings. The number of nitrogens with one attached hydrogen (secondary N) is 1. The first-order valence-electron chi connectivity index (χ1n) is 7.45. The summed E-state index contributed by atoms with van der Waals surface area (Å²) in [5.74, 6) is -0.126. The molecule has 4 nitrogen and oxygen atoms in total. The molecule has 1 N–H and O–H groups in total. The van der Waals surface area contributed by atoms with E-state index >= 15 is 0 Å². The first kappa shape index (κ1) is 17.7. The van der Waals surface area contributed by atoms with E-state index in [1.165, 1.54) is 16.6 Å². The topological polar surface area (TPSA) is 49.4 Å². The molecule has 1 aromatic carbocycles. The summed E-state index contributed by atoms with van der Waals surface area (Å²) in [6.07, 6.45) is 2.80. The van der Waals surface area contributed by atoms with E-state index in [1.54, 1.807) is 12.1 Å². The molecule has 2 rings (SSSR count). The lowest BCUT2D eigenvalue weighted by atomic mass is 10.0. The Bertz CT molecular complexity index is 624. The zero-order valence-electron chi connectivity index (χ0n) is 12.9. The summed E-state index contributed by atoms with van der Waals surface area (Å²) in [6, 6.07) is 4.89. The van der Waals surface area contributed by atoms with Gasteiger partial charge in [0.25, 0.3) is 0 Å². The van der Waals surface area contributed by atoms with Gasteiger partial charge in [0.15, 0.2) is 0 Å². The second kappa shape index (κ2) is 7.25. The van der Waals surface area contributed by atoms with Crippen molar-refractivity contribution in [2.75, 3.05) is 25.9 Å². The van der Waals surface area contributed by atoms with Crippen LogP contribution in [0.25, 0.3) is 0 Å². The van der Waals surface area contributed by atoms with Crippen LogP contribution in [0.1, 0.15) is 31.4 Å². The Balaban J connectivity index is 1.97. The highest BCUT2D eigenvalue weighted by Gasteiger charge is 2.29. The zero-order valence-corrected chi connectivity index (χ0v) is 14.4. The molecule has 1 saturated heterocycles. The monoisotopic (exact) mass is 348 g/mol. The lowest BCUT2D eigenvalue weighted by Gasteiger charge is -2.21. The van der Waals surface area contributed by atoms with Crippen LogP contribution >= 0.6 is 11.6 Å². The average molecular weight is 349 g/mol. The van der Waals surface area contributed by atoms with Crippen LogP contribution in [-0.4, -0.2) is 38.6 Å². The van der Waals surface area contributed by atoms with Gasteiger partial charge in [0.1, 0.15) is 5.82 Å². The molecule has 0 spiro atoms. The molecular formula is C15H22ClFN2O2S.